The Kier molecular flexibility index (Phi) is 19.3. The predicted octanol–water partition coefficient (Wildman–Crippen LogP) is 8.30. The number of thioether (sulfide) groups is 1. The molecule has 0 spiro atoms. The van der Waals surface area contributed by atoms with Crippen molar-refractivity contribution in [3.63, 3.8) is 0 Å². The van der Waals surface area contributed by atoms with Gasteiger partial charge in [-0.3, -0.25) is 14.4 Å². The van der Waals surface area contributed by atoms with Gasteiger partial charge in [0, 0.05) is 29.7 Å². The van der Waals surface area contributed by atoms with Crippen molar-refractivity contribution in [2.24, 2.45) is 10.6 Å². The molecule has 21 heteroatoms. The SMILES string of the molecule is Cc1ncsc1-c1ccc([C@H](C)NC(=O)[C@@H]2CCCN2C(=O)C(NC(=O)CCCCCCN(C)CC[C@H](CSc2ccccc2)Nc2ccc(S(N)(=O)=O)cc2S(=O)(=O)C(F)(F)F)C(C)(C)C)cc1. The second-order valence-electron chi connectivity index (χ2n) is 18.5. The number of carbonyl (C=O) groups excluding carboxylic acids is 3. The maximum atomic E-state index is 14.1. The van der Waals surface area contributed by atoms with Crippen LogP contribution in [0.5, 0.6) is 0 Å². The molecule has 5 N–H and O–H groups in total. The average Bonchev–Trinajstić information content (AvgIpc) is 3.96. The van der Waals surface area contributed by atoms with Crippen molar-refractivity contribution in [2.75, 3.05) is 37.8 Å². The minimum atomic E-state index is -5.96. The number of benzene rings is 3. The smallest absolute Gasteiger partial charge is 0.380 e. The molecule has 3 aromatic carbocycles. The molecule has 69 heavy (non-hydrogen) atoms. The van der Waals surface area contributed by atoms with E-state index in [-0.39, 0.29) is 30.2 Å². The largest absolute Gasteiger partial charge is 0.501 e. The van der Waals surface area contributed by atoms with Crippen molar-refractivity contribution >= 4 is 66.4 Å². The number of primary sulfonamides is 1. The summed E-state index contributed by atoms with van der Waals surface area (Å²) in [5, 5.41) is 14.2. The van der Waals surface area contributed by atoms with Crippen LogP contribution in [0.3, 0.4) is 0 Å². The summed E-state index contributed by atoms with van der Waals surface area (Å²) in [4.78, 5) is 49.0. The number of hydrogen-bond donors (Lipinski definition) is 4. The Morgan fingerprint density at radius 1 is 0.942 bits per heavy atom. The molecule has 0 saturated carbocycles. The zero-order chi connectivity index (χ0) is 50.7. The van der Waals surface area contributed by atoms with Crippen molar-refractivity contribution in [3.05, 3.63) is 89.6 Å². The van der Waals surface area contributed by atoms with Crippen LogP contribution in [-0.2, 0) is 34.2 Å². The Bertz CT molecular complexity index is 2590. The van der Waals surface area contributed by atoms with Gasteiger partial charge >= 0.3 is 5.51 Å². The van der Waals surface area contributed by atoms with Gasteiger partial charge in [0.15, 0.2) is 0 Å². The van der Waals surface area contributed by atoms with E-state index in [0.717, 1.165) is 58.0 Å². The third kappa shape index (κ3) is 15.5. The lowest BCUT2D eigenvalue weighted by atomic mass is 9.85. The van der Waals surface area contributed by atoms with Crippen molar-refractivity contribution in [1.82, 2.24) is 25.4 Å². The monoisotopic (exact) mass is 1040 g/mol. The van der Waals surface area contributed by atoms with E-state index in [2.05, 4.69) is 25.8 Å². The number of hydrogen-bond acceptors (Lipinski definition) is 12. The van der Waals surface area contributed by atoms with E-state index in [1.165, 1.54) is 11.8 Å². The van der Waals surface area contributed by atoms with E-state index < -0.39 is 64.4 Å². The molecule has 5 rings (SSSR count). The van der Waals surface area contributed by atoms with Crippen LogP contribution in [0.15, 0.2) is 93.0 Å². The third-order valence-electron chi connectivity index (χ3n) is 12.0. The second kappa shape index (κ2) is 24.0. The zero-order valence-corrected chi connectivity index (χ0v) is 43.1. The van der Waals surface area contributed by atoms with Gasteiger partial charge in [0.05, 0.1) is 32.7 Å². The molecule has 1 fully saturated rings. The highest BCUT2D eigenvalue weighted by molar-refractivity contribution is 7.99. The van der Waals surface area contributed by atoms with Crippen LogP contribution >= 0.6 is 23.1 Å². The molecule has 3 amide bonds. The lowest BCUT2D eigenvalue weighted by molar-refractivity contribution is -0.144. The summed E-state index contributed by atoms with van der Waals surface area (Å²) in [6.07, 6.45) is 4.75. The minimum absolute atomic E-state index is 0.217. The fraction of sp³-hybridized carbons (Fsp3) is 0.500. The zero-order valence-electron chi connectivity index (χ0n) is 39.8. The molecule has 4 aromatic rings. The topological polar surface area (TPSA) is 201 Å². The number of thiazole rings is 1. The lowest BCUT2D eigenvalue weighted by Gasteiger charge is -2.35. The number of aromatic nitrogens is 1. The molecule has 4 atom stereocenters. The number of rotatable bonds is 23. The molecule has 0 bridgehead atoms. The van der Waals surface area contributed by atoms with Crippen LogP contribution in [0, 0.1) is 12.3 Å². The Morgan fingerprint density at radius 3 is 2.25 bits per heavy atom. The highest BCUT2D eigenvalue weighted by atomic mass is 32.2. The van der Waals surface area contributed by atoms with E-state index in [4.69, 9.17) is 5.14 Å². The summed E-state index contributed by atoms with van der Waals surface area (Å²) >= 11 is 3.01. The number of likely N-dealkylation sites (tertiary alicyclic amines) is 1. The summed E-state index contributed by atoms with van der Waals surface area (Å²) in [5.74, 6) is -0.410. The summed E-state index contributed by atoms with van der Waals surface area (Å²) in [5.41, 5.74) is -1.93. The van der Waals surface area contributed by atoms with E-state index in [0.29, 0.717) is 57.1 Å². The molecular weight excluding hydrogens is 972 g/mol. The molecule has 1 unspecified atom stereocenters. The Balaban J connectivity index is 1.09. The number of sulfone groups is 1. The Morgan fingerprint density at radius 2 is 1.62 bits per heavy atom. The summed E-state index contributed by atoms with van der Waals surface area (Å²) in [7, 11) is -8.57. The van der Waals surface area contributed by atoms with Gasteiger partial charge in [0.25, 0.3) is 9.84 Å². The van der Waals surface area contributed by atoms with Gasteiger partial charge in [-0.2, -0.15) is 13.2 Å². The van der Waals surface area contributed by atoms with Crippen LogP contribution in [-0.4, -0.2) is 105 Å². The molecule has 1 saturated heterocycles. The number of sulfonamides is 1. The van der Waals surface area contributed by atoms with Gasteiger partial charge in [-0.1, -0.05) is 76.1 Å². The van der Waals surface area contributed by atoms with Gasteiger partial charge in [0.2, 0.25) is 27.7 Å². The van der Waals surface area contributed by atoms with Crippen LogP contribution in [0.25, 0.3) is 10.4 Å². The number of nitrogens with two attached hydrogens (primary N) is 1. The standard InChI is InChI=1S/C48H64F3N7O7S4/c1-32(34-19-21-35(22-20-34)43-33(2)53-31-67-43)54-45(60)40-17-14-27-58(40)46(61)44(47(3,4)5)56-42(59)18-12-7-8-13-26-57(6)28-25-36(30-66-37-15-10-9-11-16-37)55-39-24-23-38(69(52,64)65)29-41(39)68(62,63)48(49,50)51/h9-11,15-16,19-24,29,31-32,36,40,44,55H,7-8,12-14,17-18,25-28,30H2,1-6H3,(H,54,60)(H,56,59)(H2,52,64,65)/t32-,36+,40-,44?/m0/s1. The highest BCUT2D eigenvalue weighted by Crippen LogP contribution is 2.37. The van der Waals surface area contributed by atoms with Crippen LogP contribution in [0.2, 0.25) is 0 Å². The van der Waals surface area contributed by atoms with Crippen LogP contribution in [0.1, 0.15) is 96.4 Å². The number of anilines is 1. The number of unbranched alkanes of at least 4 members (excludes halogenated alkanes) is 3. The molecule has 2 heterocycles. The molecular formula is C48H64F3N7O7S4. The molecule has 0 radical (unpaired) electrons. The van der Waals surface area contributed by atoms with Gasteiger partial charge < -0.3 is 25.8 Å². The van der Waals surface area contributed by atoms with E-state index in [1.54, 1.807) is 16.2 Å². The molecule has 0 aliphatic carbocycles. The first-order chi connectivity index (χ1) is 32.4. The average molecular weight is 1040 g/mol. The second-order valence-corrected chi connectivity index (χ2v) is 24.0. The van der Waals surface area contributed by atoms with Crippen LogP contribution < -0.4 is 21.1 Å². The minimum Gasteiger partial charge on any atom is -0.380 e. The molecule has 1 aliphatic rings. The first-order valence-corrected chi connectivity index (χ1v) is 27.8. The molecule has 14 nitrogen and oxygen atoms in total. The maximum absolute atomic E-state index is 14.1. The number of carbonyl (C=O) groups is 3. The summed E-state index contributed by atoms with van der Waals surface area (Å²) in [6, 6.07) is 17.4. The first kappa shape index (κ1) is 55.4. The number of aryl methyl sites for hydroxylation is 1. The van der Waals surface area contributed by atoms with Crippen LogP contribution in [0.4, 0.5) is 18.9 Å². The predicted molar refractivity (Wildman–Crippen MR) is 266 cm³/mol. The van der Waals surface area contributed by atoms with Gasteiger partial charge in [-0.05, 0) is 113 Å². The first-order valence-electron chi connectivity index (χ1n) is 22.9. The molecule has 1 aromatic heterocycles. The molecule has 378 valence electrons. The van der Waals surface area contributed by atoms with E-state index >= 15 is 0 Å². The quantitative estimate of drug-likeness (QED) is 0.0411. The third-order valence-corrected chi connectivity index (χ3v) is 16.6. The summed E-state index contributed by atoms with van der Waals surface area (Å²) < 4.78 is 90.6. The number of halogens is 3. The number of alkyl halides is 3. The van der Waals surface area contributed by atoms with E-state index in [1.807, 2.05) is 102 Å². The Hall–Kier alpha value is -4.54. The normalized spacial score (nSPS) is 16.0. The lowest BCUT2D eigenvalue weighted by Crippen LogP contribution is -2.57. The fourth-order valence-electron chi connectivity index (χ4n) is 8.03. The number of amides is 3. The maximum Gasteiger partial charge on any atom is 0.501 e. The van der Waals surface area contributed by atoms with Crippen molar-refractivity contribution in [2.45, 2.75) is 130 Å². The summed E-state index contributed by atoms with van der Waals surface area (Å²) in [6.45, 7) is 11.1. The van der Waals surface area contributed by atoms with Crippen molar-refractivity contribution in [1.29, 1.82) is 0 Å². The number of nitrogens with one attached hydrogen (secondary N) is 3. The fourth-order valence-corrected chi connectivity index (χ4v) is 11.4. The number of nitrogens with zero attached hydrogens (tertiary/aromatic N) is 3. The highest BCUT2D eigenvalue weighted by Gasteiger charge is 2.48. The Labute approximate surface area is 412 Å². The van der Waals surface area contributed by atoms with Crippen molar-refractivity contribution < 1.29 is 44.4 Å². The van der Waals surface area contributed by atoms with Gasteiger partial charge in [-0.25, -0.2) is 27.0 Å². The van der Waals surface area contributed by atoms with Gasteiger partial charge in [0.1, 0.15) is 17.0 Å². The molecule has 1 aliphatic heterocycles. The van der Waals surface area contributed by atoms with E-state index in [9.17, 15) is 44.4 Å². The van der Waals surface area contributed by atoms with Gasteiger partial charge in [-0.15, -0.1) is 23.1 Å². The van der Waals surface area contributed by atoms with Crippen molar-refractivity contribution in [3.8, 4) is 10.4 Å².